The highest BCUT2D eigenvalue weighted by molar-refractivity contribution is 5.62. The average molecular weight is 288 g/mol. The van der Waals surface area contributed by atoms with E-state index in [9.17, 15) is 0 Å². The van der Waals surface area contributed by atoms with E-state index < -0.39 is 0 Å². The molecule has 6 nitrogen and oxygen atoms in total. The summed E-state index contributed by atoms with van der Waals surface area (Å²) in [5, 5.41) is 7.76. The summed E-state index contributed by atoms with van der Waals surface area (Å²) in [6.07, 6.45) is 5.08. The van der Waals surface area contributed by atoms with Gasteiger partial charge in [-0.2, -0.15) is 9.61 Å². The molecule has 0 fully saturated rings. The molecular formula is C16H12N6. The first-order valence-corrected chi connectivity index (χ1v) is 6.84. The maximum Gasteiger partial charge on any atom is 0.228 e. The van der Waals surface area contributed by atoms with Crippen LogP contribution in [0.5, 0.6) is 0 Å². The lowest BCUT2D eigenvalue weighted by atomic mass is 10.1. The zero-order chi connectivity index (χ0) is 14.8. The molecule has 0 spiro atoms. The van der Waals surface area contributed by atoms with Crippen LogP contribution in [0, 0.1) is 0 Å². The second-order valence-corrected chi connectivity index (χ2v) is 4.70. The van der Waals surface area contributed by atoms with Gasteiger partial charge in [-0.3, -0.25) is 0 Å². The van der Waals surface area contributed by atoms with Crippen molar-refractivity contribution in [1.29, 1.82) is 0 Å². The summed E-state index contributed by atoms with van der Waals surface area (Å²) in [5.41, 5.74) is 2.70. The van der Waals surface area contributed by atoms with Crippen LogP contribution in [0.1, 0.15) is 0 Å². The Hall–Kier alpha value is -3.28. The van der Waals surface area contributed by atoms with Crippen LogP contribution in [0.4, 0.5) is 11.8 Å². The van der Waals surface area contributed by atoms with Gasteiger partial charge in [0.1, 0.15) is 0 Å². The molecule has 3 heterocycles. The summed E-state index contributed by atoms with van der Waals surface area (Å²) in [7, 11) is 0. The van der Waals surface area contributed by atoms with Gasteiger partial charge >= 0.3 is 0 Å². The van der Waals surface area contributed by atoms with E-state index in [1.54, 1.807) is 29.2 Å². The van der Waals surface area contributed by atoms with E-state index in [1.807, 2.05) is 42.5 Å². The molecule has 1 N–H and O–H groups in total. The summed E-state index contributed by atoms with van der Waals surface area (Å²) in [4.78, 5) is 12.6. The highest BCUT2D eigenvalue weighted by atomic mass is 15.3. The van der Waals surface area contributed by atoms with Crippen LogP contribution >= 0.6 is 0 Å². The van der Waals surface area contributed by atoms with Crippen LogP contribution in [0.15, 0.2) is 67.1 Å². The Labute approximate surface area is 126 Å². The molecule has 0 amide bonds. The van der Waals surface area contributed by atoms with Gasteiger partial charge in [0, 0.05) is 18.0 Å². The third-order valence-corrected chi connectivity index (χ3v) is 3.24. The molecule has 6 heteroatoms. The molecule has 0 saturated heterocycles. The third-order valence-electron chi connectivity index (χ3n) is 3.24. The summed E-state index contributed by atoms with van der Waals surface area (Å²) in [6, 6.07) is 15.7. The molecule has 0 radical (unpaired) electrons. The molecular weight excluding hydrogens is 276 g/mol. The van der Waals surface area contributed by atoms with Gasteiger partial charge in [0.25, 0.3) is 0 Å². The van der Waals surface area contributed by atoms with Crippen molar-refractivity contribution in [3.8, 4) is 11.3 Å². The predicted molar refractivity (Wildman–Crippen MR) is 83.7 cm³/mol. The Morgan fingerprint density at radius 3 is 2.45 bits per heavy atom. The molecule has 4 aromatic rings. The van der Waals surface area contributed by atoms with Crippen molar-refractivity contribution in [2.75, 3.05) is 5.32 Å². The molecule has 0 atom stereocenters. The lowest BCUT2D eigenvalue weighted by Crippen LogP contribution is -2.02. The van der Waals surface area contributed by atoms with Gasteiger partial charge in [-0.05, 0) is 18.2 Å². The van der Waals surface area contributed by atoms with E-state index >= 15 is 0 Å². The molecule has 3 aromatic heterocycles. The van der Waals surface area contributed by atoms with Crippen molar-refractivity contribution in [3.05, 3.63) is 67.1 Å². The number of nitrogens with zero attached hydrogens (tertiary/aromatic N) is 5. The largest absolute Gasteiger partial charge is 0.307 e. The number of rotatable bonds is 3. The average Bonchev–Trinajstić information content (AvgIpc) is 2.99. The number of aromatic nitrogens is 5. The Bertz CT molecular complexity index is 902. The van der Waals surface area contributed by atoms with Crippen LogP contribution in [0.25, 0.3) is 16.9 Å². The first kappa shape index (κ1) is 12.5. The lowest BCUT2D eigenvalue weighted by Gasteiger charge is -2.05. The van der Waals surface area contributed by atoms with Crippen LogP contribution < -0.4 is 5.32 Å². The first-order valence-electron chi connectivity index (χ1n) is 6.84. The maximum atomic E-state index is 4.64. The number of anilines is 2. The van der Waals surface area contributed by atoms with Gasteiger partial charge in [0.2, 0.25) is 5.95 Å². The first-order chi connectivity index (χ1) is 10.9. The minimum atomic E-state index is 0.510. The molecule has 1 aromatic carbocycles. The van der Waals surface area contributed by atoms with Crippen molar-refractivity contribution < 1.29 is 0 Å². The molecule has 0 saturated carbocycles. The van der Waals surface area contributed by atoms with Gasteiger partial charge < -0.3 is 5.32 Å². The zero-order valence-electron chi connectivity index (χ0n) is 11.6. The maximum absolute atomic E-state index is 4.64. The van der Waals surface area contributed by atoms with Crippen LogP contribution in [-0.2, 0) is 0 Å². The number of hydrogen-bond acceptors (Lipinski definition) is 5. The Morgan fingerprint density at radius 1 is 0.818 bits per heavy atom. The van der Waals surface area contributed by atoms with Crippen molar-refractivity contribution >= 4 is 17.4 Å². The molecule has 0 bridgehead atoms. The summed E-state index contributed by atoms with van der Waals surface area (Å²) < 4.78 is 1.75. The quantitative estimate of drug-likeness (QED) is 0.627. The smallest absolute Gasteiger partial charge is 0.228 e. The van der Waals surface area contributed by atoms with Crippen LogP contribution in [0.2, 0.25) is 0 Å². The highest BCUT2D eigenvalue weighted by Crippen LogP contribution is 2.19. The van der Waals surface area contributed by atoms with E-state index in [-0.39, 0.29) is 0 Å². The second kappa shape index (κ2) is 5.25. The molecule has 0 unspecified atom stereocenters. The van der Waals surface area contributed by atoms with Crippen molar-refractivity contribution in [1.82, 2.24) is 24.6 Å². The van der Waals surface area contributed by atoms with E-state index in [2.05, 4.69) is 25.4 Å². The topological polar surface area (TPSA) is 68.0 Å². The van der Waals surface area contributed by atoms with E-state index in [1.165, 1.54) is 0 Å². The van der Waals surface area contributed by atoms with Gasteiger partial charge in [-0.25, -0.2) is 15.0 Å². The normalized spacial score (nSPS) is 10.7. The molecule has 4 rings (SSSR count). The van der Waals surface area contributed by atoms with Gasteiger partial charge in [0.05, 0.1) is 11.9 Å². The molecule has 106 valence electrons. The number of benzene rings is 1. The van der Waals surface area contributed by atoms with Crippen molar-refractivity contribution in [2.24, 2.45) is 0 Å². The molecule has 0 aliphatic carbocycles. The fourth-order valence-electron chi connectivity index (χ4n) is 2.20. The fraction of sp³-hybridized carbons (Fsp3) is 0. The number of imidazole rings is 1. The van der Waals surface area contributed by atoms with Crippen molar-refractivity contribution in [2.45, 2.75) is 0 Å². The SMILES string of the molecule is c1ccc(-c2ccc3ncc(Nc4ncccn4)n3n2)cc1. The Balaban J connectivity index is 1.77. The summed E-state index contributed by atoms with van der Waals surface area (Å²) in [6.45, 7) is 0. The highest BCUT2D eigenvalue weighted by Gasteiger charge is 2.07. The Kier molecular flexibility index (Phi) is 2.97. The minimum Gasteiger partial charge on any atom is -0.307 e. The van der Waals surface area contributed by atoms with Crippen LogP contribution in [0.3, 0.4) is 0 Å². The molecule has 0 aliphatic heterocycles. The number of fused-ring (bicyclic) bond motifs is 1. The third kappa shape index (κ3) is 2.26. The predicted octanol–water partition coefficient (Wildman–Crippen LogP) is 2.93. The standard InChI is InChI=1S/C16H12N6/c1-2-5-12(6-3-1)13-7-8-14-19-11-15(22(14)21-13)20-16-17-9-4-10-18-16/h1-11H,(H,17,18,20). The van der Waals surface area contributed by atoms with Gasteiger partial charge in [-0.15, -0.1) is 0 Å². The molecule has 0 aliphatic rings. The summed E-state index contributed by atoms with van der Waals surface area (Å²) in [5.74, 6) is 1.23. The van der Waals surface area contributed by atoms with Crippen LogP contribution in [-0.4, -0.2) is 24.6 Å². The minimum absolute atomic E-state index is 0.510. The Morgan fingerprint density at radius 2 is 1.64 bits per heavy atom. The van der Waals surface area contributed by atoms with Gasteiger partial charge in [0.15, 0.2) is 11.5 Å². The fourth-order valence-corrected chi connectivity index (χ4v) is 2.20. The molecule has 22 heavy (non-hydrogen) atoms. The summed E-state index contributed by atoms with van der Waals surface area (Å²) >= 11 is 0. The monoisotopic (exact) mass is 288 g/mol. The van der Waals surface area contributed by atoms with E-state index in [4.69, 9.17) is 0 Å². The van der Waals surface area contributed by atoms with Crippen molar-refractivity contribution in [3.63, 3.8) is 0 Å². The zero-order valence-corrected chi connectivity index (χ0v) is 11.6. The van der Waals surface area contributed by atoms with Gasteiger partial charge in [-0.1, -0.05) is 30.3 Å². The van der Waals surface area contributed by atoms with E-state index in [0.29, 0.717) is 5.95 Å². The second-order valence-electron chi connectivity index (χ2n) is 4.70. The van der Waals surface area contributed by atoms with E-state index in [0.717, 1.165) is 22.7 Å². The number of hydrogen-bond donors (Lipinski definition) is 1. The number of nitrogens with one attached hydrogen (secondary N) is 1. The lowest BCUT2D eigenvalue weighted by molar-refractivity contribution is 0.944.